The van der Waals surface area contributed by atoms with Gasteiger partial charge in [-0.15, -0.1) is 12.4 Å². The van der Waals surface area contributed by atoms with Crippen molar-refractivity contribution in [2.45, 2.75) is 76.7 Å². The van der Waals surface area contributed by atoms with Crippen LogP contribution in [0.2, 0.25) is 0 Å². The van der Waals surface area contributed by atoms with Crippen LogP contribution in [0.25, 0.3) is 0 Å². The highest BCUT2D eigenvalue weighted by Gasteiger charge is 2.53. The molecule has 0 spiro atoms. The van der Waals surface area contributed by atoms with Gasteiger partial charge >= 0.3 is 30.5 Å². The maximum absolute atomic E-state index is 12.7. The van der Waals surface area contributed by atoms with Gasteiger partial charge in [-0.3, -0.25) is 29.6 Å². The van der Waals surface area contributed by atoms with Crippen LogP contribution in [0.15, 0.2) is 12.4 Å². The summed E-state index contributed by atoms with van der Waals surface area (Å²) in [6.45, 7) is 4.00. The number of carbonyl (C=O) groups excluding carboxylic acids is 4. The molecule has 2 atom stereocenters. The summed E-state index contributed by atoms with van der Waals surface area (Å²) in [7, 11) is 0. The molecule has 2 aliphatic rings. The normalized spacial score (nSPS) is 21.0. The number of urea groups is 2. The van der Waals surface area contributed by atoms with E-state index in [0.29, 0.717) is 9.36 Å². The predicted molar refractivity (Wildman–Crippen MR) is 154 cm³/mol. The molecule has 2 saturated heterocycles. The van der Waals surface area contributed by atoms with Crippen LogP contribution in [0.1, 0.15) is 43.3 Å². The molecule has 16 nitrogen and oxygen atoms in total. The Morgan fingerprint density at radius 1 is 0.833 bits per heavy atom. The Morgan fingerprint density at radius 2 is 1.21 bits per heavy atom. The standard InChI is InChI=1S/C15H20F3N5O4.C10H12F3N5O2.ClH/c1-8-9(5-19-23(8)7-15(16,17)18)14(10(24)20-11(25)21-14)6-22(12(26)27)13(2,3)4;1-5-6(2-15-18(5)4-10(11,12)13)9(3-14)7(19)16-8(20)17-9;/h5H,6-7H2,1-4H3,(H,26,27)(H2,20,21,24,25);2H,3-4,14H2,1H3,(H2,16,17,19,20);1H/t14-;9-;/m00./s1. The average molecular weight is 719 g/mol. The predicted octanol–water partition coefficient (Wildman–Crippen LogP) is 1.74. The van der Waals surface area contributed by atoms with Gasteiger partial charge in [-0.25, -0.2) is 14.4 Å². The van der Waals surface area contributed by atoms with Crippen LogP contribution in [0, 0.1) is 13.8 Å². The molecule has 48 heavy (non-hydrogen) atoms. The van der Waals surface area contributed by atoms with Crippen LogP contribution in [-0.4, -0.2) is 90.5 Å². The Kier molecular flexibility index (Phi) is 11.1. The Labute approximate surface area is 274 Å². The van der Waals surface area contributed by atoms with Crippen molar-refractivity contribution >= 4 is 42.4 Å². The Morgan fingerprint density at radius 3 is 1.50 bits per heavy atom. The second-order valence-electron chi connectivity index (χ2n) is 11.7. The van der Waals surface area contributed by atoms with Crippen molar-refractivity contribution in [3.05, 3.63) is 34.9 Å². The van der Waals surface area contributed by atoms with Crippen LogP contribution >= 0.6 is 12.4 Å². The van der Waals surface area contributed by atoms with Crippen LogP contribution in [-0.2, 0) is 33.8 Å². The summed E-state index contributed by atoms with van der Waals surface area (Å²) in [5, 5.41) is 25.5. The molecule has 2 fully saturated rings. The maximum Gasteiger partial charge on any atom is 0.408 e. The van der Waals surface area contributed by atoms with Gasteiger partial charge in [0.15, 0.2) is 11.1 Å². The van der Waals surface area contributed by atoms with E-state index in [1.165, 1.54) is 13.8 Å². The molecule has 0 bridgehead atoms. The first-order valence-corrected chi connectivity index (χ1v) is 13.5. The van der Waals surface area contributed by atoms with Gasteiger partial charge in [0.25, 0.3) is 11.8 Å². The number of nitrogens with two attached hydrogens (primary N) is 1. The van der Waals surface area contributed by atoms with Crippen molar-refractivity contribution in [2.24, 2.45) is 5.73 Å². The number of nitrogens with zero attached hydrogens (tertiary/aromatic N) is 5. The van der Waals surface area contributed by atoms with E-state index in [-0.39, 0.29) is 41.5 Å². The van der Waals surface area contributed by atoms with Crippen LogP contribution < -0.4 is 27.0 Å². The van der Waals surface area contributed by atoms with E-state index >= 15 is 0 Å². The van der Waals surface area contributed by atoms with Gasteiger partial charge in [-0.2, -0.15) is 36.5 Å². The third kappa shape index (κ3) is 8.09. The van der Waals surface area contributed by atoms with Crippen LogP contribution in [0.3, 0.4) is 0 Å². The fourth-order valence-corrected chi connectivity index (χ4v) is 5.03. The molecule has 4 heterocycles. The Balaban J connectivity index is 0.000000340. The Hall–Kier alpha value is -4.60. The second kappa shape index (κ2) is 13.5. The van der Waals surface area contributed by atoms with E-state index in [9.17, 15) is 55.4 Å². The summed E-state index contributed by atoms with van der Waals surface area (Å²) in [4.78, 5) is 60.0. The van der Waals surface area contributed by atoms with E-state index in [1.807, 2.05) is 10.6 Å². The van der Waals surface area contributed by atoms with E-state index in [2.05, 4.69) is 20.8 Å². The highest BCUT2D eigenvalue weighted by atomic mass is 35.5. The van der Waals surface area contributed by atoms with Crippen molar-refractivity contribution < 1.29 is 55.4 Å². The number of nitrogens with one attached hydrogen (secondary N) is 4. The zero-order valence-electron chi connectivity index (χ0n) is 26.0. The van der Waals surface area contributed by atoms with Gasteiger partial charge in [0.2, 0.25) is 0 Å². The SMILES string of the molecule is Cc1c([C@]2(CN(C(=O)O)C(C)(C)C)NC(=O)NC2=O)cnn1CC(F)(F)F.Cc1c([C@]2(CN)NC(=O)NC2=O)cnn1CC(F)(F)F.Cl. The van der Waals surface area contributed by atoms with E-state index in [4.69, 9.17) is 5.73 Å². The highest BCUT2D eigenvalue weighted by molar-refractivity contribution is 6.08. The number of carboxylic acid groups (broad SMARTS) is 1. The minimum absolute atomic E-state index is 0. The molecule has 0 unspecified atom stereocenters. The number of imide groups is 2. The molecule has 268 valence electrons. The molecule has 2 aliphatic heterocycles. The number of halogens is 7. The van der Waals surface area contributed by atoms with E-state index in [0.717, 1.165) is 17.3 Å². The fourth-order valence-electron chi connectivity index (χ4n) is 5.03. The first-order chi connectivity index (χ1) is 21.4. The number of alkyl halides is 6. The number of carbonyl (C=O) groups is 5. The monoisotopic (exact) mass is 718 g/mol. The molecule has 7 N–H and O–H groups in total. The summed E-state index contributed by atoms with van der Waals surface area (Å²) in [5.74, 6) is -1.57. The minimum atomic E-state index is -4.54. The average Bonchev–Trinajstić information content (AvgIpc) is 3.61. The summed E-state index contributed by atoms with van der Waals surface area (Å²) >= 11 is 0. The number of hydrogen-bond donors (Lipinski definition) is 6. The van der Waals surface area contributed by atoms with Crippen molar-refractivity contribution in [1.82, 2.24) is 45.7 Å². The zero-order chi connectivity index (χ0) is 35.9. The number of hydrogen-bond acceptors (Lipinski definition) is 8. The van der Waals surface area contributed by atoms with Crippen LogP contribution in [0.4, 0.5) is 40.7 Å². The molecular weight excluding hydrogens is 686 g/mol. The molecule has 0 aliphatic carbocycles. The van der Waals surface area contributed by atoms with Crippen molar-refractivity contribution in [2.75, 3.05) is 13.1 Å². The molecule has 4 rings (SSSR count). The molecule has 2 aromatic heterocycles. The van der Waals surface area contributed by atoms with Gasteiger partial charge < -0.3 is 26.4 Å². The van der Waals surface area contributed by atoms with Gasteiger partial charge in [-0.05, 0) is 34.6 Å². The van der Waals surface area contributed by atoms with Gasteiger partial charge in [0.1, 0.15) is 13.1 Å². The Bertz CT molecular complexity index is 1590. The topological polar surface area (TPSA) is 219 Å². The fraction of sp³-hybridized carbons (Fsp3) is 0.560. The molecular formula is C25H33ClF6N10O6. The smallest absolute Gasteiger partial charge is 0.408 e. The second-order valence-corrected chi connectivity index (χ2v) is 11.7. The number of rotatable bonds is 7. The molecule has 23 heteroatoms. The molecule has 2 aromatic rings. The summed E-state index contributed by atoms with van der Waals surface area (Å²) in [6.07, 6.45) is -8.18. The lowest BCUT2D eigenvalue weighted by Crippen LogP contribution is -2.58. The van der Waals surface area contributed by atoms with Crippen LogP contribution in [0.5, 0.6) is 0 Å². The summed E-state index contributed by atoms with van der Waals surface area (Å²) in [5.41, 5.74) is 1.35. The van der Waals surface area contributed by atoms with Gasteiger partial charge in [-0.1, -0.05) is 0 Å². The molecule has 0 radical (unpaired) electrons. The van der Waals surface area contributed by atoms with Crippen molar-refractivity contribution in [3.63, 3.8) is 0 Å². The quantitative estimate of drug-likeness (QED) is 0.181. The molecule has 0 saturated carbocycles. The third-order valence-corrected chi connectivity index (χ3v) is 7.41. The highest BCUT2D eigenvalue weighted by Crippen LogP contribution is 2.32. The van der Waals surface area contributed by atoms with E-state index in [1.54, 1.807) is 20.8 Å². The lowest BCUT2D eigenvalue weighted by atomic mass is 9.88. The zero-order valence-corrected chi connectivity index (χ0v) is 26.8. The van der Waals surface area contributed by atoms with Crippen molar-refractivity contribution in [1.29, 1.82) is 0 Å². The van der Waals surface area contributed by atoms with E-state index < -0.39 is 78.6 Å². The number of aromatic nitrogens is 4. The maximum atomic E-state index is 12.7. The molecule has 7 amide bonds. The first-order valence-electron chi connectivity index (χ1n) is 13.5. The number of amides is 7. The first kappa shape index (κ1) is 39.6. The summed E-state index contributed by atoms with van der Waals surface area (Å²) in [6, 6.07) is -1.62. The largest absolute Gasteiger partial charge is 0.465 e. The lowest BCUT2D eigenvalue weighted by Gasteiger charge is -2.39. The van der Waals surface area contributed by atoms with Gasteiger partial charge in [0.05, 0.1) is 18.9 Å². The minimum Gasteiger partial charge on any atom is -0.465 e. The summed E-state index contributed by atoms with van der Waals surface area (Å²) < 4.78 is 76.7. The third-order valence-electron chi connectivity index (χ3n) is 7.41. The molecule has 0 aromatic carbocycles. The van der Waals surface area contributed by atoms with Gasteiger partial charge in [0, 0.05) is 34.6 Å². The lowest BCUT2D eigenvalue weighted by molar-refractivity contribution is -0.143. The van der Waals surface area contributed by atoms with Crippen molar-refractivity contribution in [3.8, 4) is 0 Å².